The van der Waals surface area contributed by atoms with Crippen LogP contribution in [0.25, 0.3) is 5.76 Å². The lowest BCUT2D eigenvalue weighted by molar-refractivity contribution is -0.384. The van der Waals surface area contributed by atoms with E-state index in [0.29, 0.717) is 22.6 Å². The zero-order valence-corrected chi connectivity index (χ0v) is 17.6. The minimum absolute atomic E-state index is 0.0395. The first-order valence-electron chi connectivity index (χ1n) is 10.3. The van der Waals surface area contributed by atoms with E-state index in [4.69, 9.17) is 9.47 Å². The van der Waals surface area contributed by atoms with Crippen molar-refractivity contribution in [2.45, 2.75) is 12.6 Å². The molecular formula is C24H17N3O7. The first-order chi connectivity index (χ1) is 16.4. The van der Waals surface area contributed by atoms with Crippen molar-refractivity contribution < 1.29 is 29.1 Å². The third kappa shape index (κ3) is 3.60. The monoisotopic (exact) mass is 459 g/mol. The molecule has 0 radical (unpaired) electrons. The number of aliphatic hydroxyl groups is 1. The summed E-state index contributed by atoms with van der Waals surface area (Å²) in [6.07, 6.45) is 3.16. The van der Waals surface area contributed by atoms with E-state index in [1.54, 1.807) is 36.7 Å². The highest BCUT2D eigenvalue weighted by Gasteiger charge is 2.46. The van der Waals surface area contributed by atoms with Gasteiger partial charge in [-0.2, -0.15) is 0 Å². The van der Waals surface area contributed by atoms with Gasteiger partial charge < -0.3 is 19.5 Å². The number of likely N-dealkylation sites (tertiary alicyclic amines) is 1. The third-order valence-corrected chi connectivity index (χ3v) is 5.68. The molecule has 1 fully saturated rings. The highest BCUT2D eigenvalue weighted by molar-refractivity contribution is 6.46. The van der Waals surface area contributed by atoms with E-state index in [1.807, 2.05) is 0 Å². The molecule has 1 N–H and O–H groups in total. The van der Waals surface area contributed by atoms with Gasteiger partial charge in [0.05, 0.1) is 16.5 Å². The van der Waals surface area contributed by atoms with Crippen LogP contribution in [0, 0.1) is 10.1 Å². The third-order valence-electron chi connectivity index (χ3n) is 5.68. The topological polar surface area (TPSA) is 132 Å². The van der Waals surface area contributed by atoms with E-state index in [0.717, 1.165) is 0 Å². The molecule has 2 aliphatic rings. The van der Waals surface area contributed by atoms with E-state index < -0.39 is 22.7 Å². The summed E-state index contributed by atoms with van der Waals surface area (Å²) < 4.78 is 10.6. The molecule has 0 spiro atoms. The fraction of sp³-hybridized carbons (Fsp3) is 0.125. The van der Waals surface area contributed by atoms with Crippen LogP contribution in [0.4, 0.5) is 5.69 Å². The zero-order chi connectivity index (χ0) is 23.8. The van der Waals surface area contributed by atoms with Crippen LogP contribution in [0.15, 0.2) is 72.6 Å². The summed E-state index contributed by atoms with van der Waals surface area (Å²) in [4.78, 5) is 42.1. The van der Waals surface area contributed by atoms with Crippen LogP contribution in [0.1, 0.15) is 22.7 Å². The second-order valence-electron chi connectivity index (χ2n) is 7.70. The van der Waals surface area contributed by atoms with Gasteiger partial charge >= 0.3 is 0 Å². The SMILES string of the molecule is O=C1C(=O)N(Cc2cccnc2)C(c2ccc([N+](=O)[O-])cc2)C1=C(O)c1ccc2c(c1)OCO2. The van der Waals surface area contributed by atoms with Gasteiger partial charge in [0.2, 0.25) is 6.79 Å². The Morgan fingerprint density at radius 3 is 2.59 bits per heavy atom. The normalized spacial score (nSPS) is 18.4. The van der Waals surface area contributed by atoms with Crippen molar-refractivity contribution in [2.24, 2.45) is 0 Å². The summed E-state index contributed by atoms with van der Waals surface area (Å²) in [6.45, 7) is 0.0931. The summed E-state index contributed by atoms with van der Waals surface area (Å²) >= 11 is 0. The van der Waals surface area contributed by atoms with Crippen LogP contribution in [-0.4, -0.2) is 38.4 Å². The van der Waals surface area contributed by atoms with E-state index in [9.17, 15) is 24.8 Å². The number of nitrogens with zero attached hydrogens (tertiary/aromatic N) is 3. The number of carbonyl (C=O) groups is 2. The first kappa shape index (κ1) is 21.1. The summed E-state index contributed by atoms with van der Waals surface area (Å²) in [5.41, 5.74) is 1.14. The number of carbonyl (C=O) groups excluding carboxylic acids is 2. The van der Waals surface area contributed by atoms with Crippen LogP contribution < -0.4 is 9.47 Å². The lowest BCUT2D eigenvalue weighted by Crippen LogP contribution is -2.29. The number of benzene rings is 2. The smallest absolute Gasteiger partial charge is 0.295 e. The summed E-state index contributed by atoms with van der Waals surface area (Å²) in [6, 6.07) is 12.7. The number of nitro groups is 1. The number of hydrogen-bond donors (Lipinski definition) is 1. The number of Topliss-reactive ketones (excluding diaryl/α,β-unsaturated/α-hetero) is 1. The Bertz CT molecular complexity index is 1340. The Balaban J connectivity index is 1.63. The average molecular weight is 459 g/mol. The van der Waals surface area contributed by atoms with Gasteiger partial charge in [-0.3, -0.25) is 24.7 Å². The summed E-state index contributed by atoms with van der Waals surface area (Å²) in [5.74, 6) is -1.13. The Labute approximate surface area is 192 Å². The van der Waals surface area contributed by atoms with Crippen molar-refractivity contribution in [2.75, 3.05) is 6.79 Å². The molecular weight excluding hydrogens is 442 g/mol. The van der Waals surface area contributed by atoms with Crippen molar-refractivity contribution in [3.63, 3.8) is 0 Å². The summed E-state index contributed by atoms with van der Waals surface area (Å²) in [5, 5.41) is 22.3. The number of amides is 1. The lowest BCUT2D eigenvalue weighted by atomic mass is 9.95. The second-order valence-corrected chi connectivity index (χ2v) is 7.70. The number of ketones is 1. The Hall–Kier alpha value is -4.73. The molecule has 0 saturated carbocycles. The number of aromatic nitrogens is 1. The molecule has 1 unspecified atom stereocenters. The molecule has 2 aliphatic heterocycles. The number of fused-ring (bicyclic) bond motifs is 1. The second kappa shape index (κ2) is 8.32. The molecule has 2 aromatic carbocycles. The number of pyridine rings is 1. The predicted molar refractivity (Wildman–Crippen MR) is 118 cm³/mol. The quantitative estimate of drug-likeness (QED) is 0.202. The maximum Gasteiger partial charge on any atom is 0.295 e. The number of hydrogen-bond acceptors (Lipinski definition) is 8. The number of nitro benzene ring substituents is 1. The van der Waals surface area contributed by atoms with E-state index in [2.05, 4.69) is 4.98 Å². The Morgan fingerprint density at radius 2 is 1.88 bits per heavy atom. The van der Waals surface area contributed by atoms with Crippen molar-refractivity contribution in [3.8, 4) is 11.5 Å². The van der Waals surface area contributed by atoms with Crippen LogP contribution in [-0.2, 0) is 16.1 Å². The Morgan fingerprint density at radius 1 is 1.12 bits per heavy atom. The zero-order valence-electron chi connectivity index (χ0n) is 17.6. The Kier molecular flexibility index (Phi) is 5.17. The minimum Gasteiger partial charge on any atom is -0.507 e. The standard InChI is InChI=1S/C24H17N3O7/c28-22(16-5-8-18-19(10-16)34-13-33-18)20-21(15-3-6-17(7-4-15)27(31)32)26(24(30)23(20)29)12-14-2-1-9-25-11-14/h1-11,21,28H,12-13H2. The molecule has 3 aromatic rings. The van der Waals surface area contributed by atoms with E-state index in [1.165, 1.54) is 35.2 Å². The molecule has 1 amide bonds. The van der Waals surface area contributed by atoms with E-state index in [-0.39, 0.29) is 35.9 Å². The molecule has 5 rings (SSSR count). The van der Waals surface area contributed by atoms with Gasteiger partial charge in [0.25, 0.3) is 17.4 Å². The maximum atomic E-state index is 13.1. The minimum atomic E-state index is -0.966. The number of ether oxygens (including phenoxy) is 2. The molecule has 1 aromatic heterocycles. The van der Waals surface area contributed by atoms with Gasteiger partial charge in [-0.25, -0.2) is 0 Å². The van der Waals surface area contributed by atoms with Gasteiger partial charge in [-0.15, -0.1) is 0 Å². The molecule has 1 saturated heterocycles. The van der Waals surface area contributed by atoms with Gasteiger partial charge in [-0.1, -0.05) is 6.07 Å². The molecule has 0 bridgehead atoms. The molecule has 0 aliphatic carbocycles. The van der Waals surface area contributed by atoms with E-state index >= 15 is 0 Å². The van der Waals surface area contributed by atoms with Crippen LogP contribution in [0.3, 0.4) is 0 Å². The van der Waals surface area contributed by atoms with Gasteiger partial charge in [0.15, 0.2) is 11.5 Å². The molecule has 170 valence electrons. The predicted octanol–water partition coefficient (Wildman–Crippen LogP) is 3.34. The maximum absolute atomic E-state index is 13.1. The number of rotatable bonds is 5. The molecule has 10 nitrogen and oxygen atoms in total. The fourth-order valence-corrected chi connectivity index (χ4v) is 4.06. The van der Waals surface area contributed by atoms with Gasteiger partial charge in [0, 0.05) is 36.6 Å². The first-order valence-corrected chi connectivity index (χ1v) is 10.3. The highest BCUT2D eigenvalue weighted by Crippen LogP contribution is 2.42. The van der Waals surface area contributed by atoms with Gasteiger partial charge in [0.1, 0.15) is 5.76 Å². The average Bonchev–Trinajstić information content (AvgIpc) is 3.42. The van der Waals surface area contributed by atoms with Gasteiger partial charge in [-0.05, 0) is 47.5 Å². The van der Waals surface area contributed by atoms with Crippen molar-refractivity contribution in [1.82, 2.24) is 9.88 Å². The number of aliphatic hydroxyl groups excluding tert-OH is 1. The fourth-order valence-electron chi connectivity index (χ4n) is 4.06. The van der Waals surface area contributed by atoms with Crippen LogP contribution in [0.5, 0.6) is 11.5 Å². The molecule has 1 atom stereocenters. The van der Waals surface area contributed by atoms with Crippen LogP contribution in [0.2, 0.25) is 0 Å². The molecule has 3 heterocycles. The van der Waals surface area contributed by atoms with Crippen molar-refractivity contribution in [3.05, 3.63) is 99.4 Å². The largest absolute Gasteiger partial charge is 0.507 e. The van der Waals surface area contributed by atoms with Crippen molar-refractivity contribution >= 4 is 23.1 Å². The summed E-state index contributed by atoms with van der Waals surface area (Å²) in [7, 11) is 0. The number of non-ortho nitro benzene ring substituents is 1. The lowest BCUT2D eigenvalue weighted by Gasteiger charge is -2.25. The van der Waals surface area contributed by atoms with Crippen molar-refractivity contribution in [1.29, 1.82) is 0 Å². The highest BCUT2D eigenvalue weighted by atomic mass is 16.7. The molecule has 34 heavy (non-hydrogen) atoms. The molecule has 10 heteroatoms. The van der Waals surface area contributed by atoms with Crippen LogP contribution >= 0.6 is 0 Å².